The highest BCUT2D eigenvalue weighted by molar-refractivity contribution is 9.10. The van der Waals surface area contributed by atoms with Gasteiger partial charge >= 0.3 is 14.1 Å². The Balaban J connectivity index is 3.40. The van der Waals surface area contributed by atoms with Crippen molar-refractivity contribution in [1.29, 1.82) is 0 Å². The molecule has 0 saturated heterocycles. The Labute approximate surface area is 140 Å². The van der Waals surface area contributed by atoms with Gasteiger partial charge in [-0.3, -0.25) is 0 Å². The number of quaternary nitrogens is 2. The van der Waals surface area contributed by atoms with E-state index in [1.807, 2.05) is 0 Å². The number of carbonyl (C=O) groups excluding carboxylic acids is 1. The molecule has 8 nitrogen and oxygen atoms in total. The minimum Gasteiger partial charge on any atom is -0.315 e. The van der Waals surface area contributed by atoms with Crippen molar-refractivity contribution in [1.82, 2.24) is 0 Å². The van der Waals surface area contributed by atoms with Gasteiger partial charge in [0.25, 0.3) is 0 Å². The first-order valence-electron chi connectivity index (χ1n) is 7.23. The van der Waals surface area contributed by atoms with Gasteiger partial charge in [0.15, 0.2) is 10.9 Å². The molecule has 0 aliphatic rings. The van der Waals surface area contributed by atoms with E-state index in [-0.39, 0.29) is 12.6 Å². The molecule has 0 aliphatic carbocycles. The molecule has 22 heavy (non-hydrogen) atoms. The maximum absolute atomic E-state index is 11.5. The third-order valence-electron chi connectivity index (χ3n) is 2.82. The molecule has 0 fully saturated rings. The van der Waals surface area contributed by atoms with Gasteiger partial charge in [0.1, 0.15) is 6.61 Å². The maximum Gasteiger partial charge on any atom is 0.719 e. The van der Waals surface area contributed by atoms with Crippen LogP contribution in [-0.2, 0) is 28.2 Å². The molecule has 6 N–H and O–H groups in total. The van der Waals surface area contributed by atoms with Gasteiger partial charge in [-0.15, -0.1) is 4.52 Å². The van der Waals surface area contributed by atoms with E-state index in [4.69, 9.17) is 9.26 Å². The van der Waals surface area contributed by atoms with Gasteiger partial charge in [-0.2, -0.15) is 11.8 Å². The van der Waals surface area contributed by atoms with E-state index in [0.717, 1.165) is 38.5 Å². The smallest absolute Gasteiger partial charge is 0.315 e. The van der Waals surface area contributed by atoms with Crippen LogP contribution in [0.3, 0.4) is 0 Å². The van der Waals surface area contributed by atoms with Crippen LogP contribution in [-0.4, -0.2) is 23.5 Å². The zero-order valence-electron chi connectivity index (χ0n) is 13.3. The van der Waals surface area contributed by atoms with Crippen LogP contribution >= 0.6 is 24.1 Å². The van der Waals surface area contributed by atoms with E-state index in [9.17, 15) is 9.69 Å². The van der Waals surface area contributed by atoms with E-state index < -0.39 is 12.5 Å². The molecule has 0 amide bonds. The minimum atomic E-state index is -3.55. The Morgan fingerprint density at radius 3 is 1.95 bits per heavy atom. The van der Waals surface area contributed by atoms with Gasteiger partial charge < -0.3 is 4.74 Å². The van der Waals surface area contributed by atoms with Gasteiger partial charge in [0.2, 0.25) is 0 Å². The average Bonchev–Trinajstić information content (AvgIpc) is 2.47. The van der Waals surface area contributed by atoms with Crippen molar-refractivity contribution in [2.45, 2.75) is 56.7 Å². The number of alkyl halides is 1. The lowest BCUT2D eigenvalue weighted by Crippen LogP contribution is -2.55. The first kappa shape index (κ1) is 22.1. The van der Waals surface area contributed by atoms with E-state index in [0.29, 0.717) is 6.61 Å². The molecule has 0 rings (SSSR count). The molecule has 0 aliphatic heterocycles. The minimum absolute atomic E-state index is 0.241. The molecule has 0 unspecified atom stereocenters. The number of rotatable bonds is 13. The standard InChI is InChI=1S/C12H28BrN2O6P/c1-12(2,13)11(16)18-9-7-5-3-4-6-8-10-19-22(17,20-14)21-15/h3-10H2,1-2,14-15H3/q+4. The lowest BCUT2D eigenvalue weighted by molar-refractivity contribution is -0.689. The third kappa shape index (κ3) is 10.8. The van der Waals surface area contributed by atoms with Crippen LogP contribution in [0, 0.1) is 0 Å². The van der Waals surface area contributed by atoms with Crippen molar-refractivity contribution in [2.75, 3.05) is 13.2 Å². The van der Waals surface area contributed by atoms with Crippen molar-refractivity contribution in [2.24, 2.45) is 0 Å². The highest BCUT2D eigenvalue weighted by Crippen LogP contribution is 2.54. The molecular weight excluding hydrogens is 379 g/mol. The second-order valence-corrected chi connectivity index (χ2v) is 8.92. The second-order valence-electron chi connectivity index (χ2n) is 5.27. The van der Waals surface area contributed by atoms with Crippen LogP contribution in [0.2, 0.25) is 0 Å². The molecular formula is C12H28BrN2O6P+4. The van der Waals surface area contributed by atoms with Crippen LogP contribution in [0.4, 0.5) is 0 Å². The van der Waals surface area contributed by atoms with E-state index in [2.05, 4.69) is 37.0 Å². The van der Waals surface area contributed by atoms with Crippen molar-refractivity contribution >= 4 is 30.1 Å². The van der Waals surface area contributed by atoms with Gasteiger partial charge in [-0.25, -0.2) is 0 Å². The van der Waals surface area contributed by atoms with Gasteiger partial charge in [0, 0.05) is 20.5 Å². The number of hydrogen-bond donors (Lipinski definition) is 2. The molecule has 0 heterocycles. The topological polar surface area (TPSA) is 132 Å². The summed E-state index contributed by atoms with van der Waals surface area (Å²) in [6.45, 7) is 4.24. The fourth-order valence-corrected chi connectivity index (χ4v) is 2.23. The van der Waals surface area contributed by atoms with Crippen LogP contribution < -0.4 is 11.8 Å². The van der Waals surface area contributed by atoms with Gasteiger partial charge in [0.05, 0.1) is 4.89 Å². The molecule has 0 aromatic rings. The Kier molecular flexibility index (Phi) is 11.7. The van der Waals surface area contributed by atoms with Crippen molar-refractivity contribution in [3.05, 3.63) is 0 Å². The van der Waals surface area contributed by atoms with Crippen molar-refractivity contribution < 1.29 is 40.0 Å². The maximum atomic E-state index is 11.5. The monoisotopic (exact) mass is 406 g/mol. The number of ether oxygens (including phenoxy) is 1. The largest absolute Gasteiger partial charge is 0.719 e. The number of unbranched alkanes of at least 4 members (excludes halogenated alkanes) is 5. The molecule has 0 bridgehead atoms. The van der Waals surface area contributed by atoms with Crippen LogP contribution in [0.5, 0.6) is 0 Å². The Hall–Kier alpha value is 0.140. The summed E-state index contributed by atoms with van der Waals surface area (Å²) in [4.78, 5) is 22.9. The van der Waals surface area contributed by atoms with Gasteiger partial charge in [-0.1, -0.05) is 35.2 Å². The lowest BCUT2D eigenvalue weighted by Gasteiger charge is -2.05. The van der Waals surface area contributed by atoms with Crippen molar-refractivity contribution in [3.63, 3.8) is 0 Å². The normalized spacial score (nSPS) is 12.5. The zero-order chi connectivity index (χ0) is 17.1. The summed E-state index contributed by atoms with van der Waals surface area (Å²) in [5.74, 6) is 5.80. The summed E-state index contributed by atoms with van der Waals surface area (Å²) in [6, 6.07) is 0. The second kappa shape index (κ2) is 11.6. The molecule has 0 aromatic heterocycles. The molecule has 0 atom stereocenters. The van der Waals surface area contributed by atoms with Gasteiger partial charge in [-0.05, 0) is 26.7 Å². The predicted molar refractivity (Wildman–Crippen MR) is 83.2 cm³/mol. The van der Waals surface area contributed by atoms with Crippen LogP contribution in [0.25, 0.3) is 0 Å². The number of halogens is 1. The highest BCUT2D eigenvalue weighted by Gasteiger charge is 2.54. The Morgan fingerprint density at radius 1 is 1.05 bits per heavy atom. The number of hydrogen-bond acceptors (Lipinski definition) is 5. The summed E-state index contributed by atoms with van der Waals surface area (Å²) in [7, 11) is -3.55. The fraction of sp³-hybridized carbons (Fsp3) is 0.917. The van der Waals surface area contributed by atoms with Crippen LogP contribution in [0.1, 0.15) is 52.4 Å². The van der Waals surface area contributed by atoms with Crippen LogP contribution in [0.15, 0.2) is 0 Å². The number of carbonyl (C=O) groups is 1. The third-order valence-corrected chi connectivity index (χ3v) is 4.28. The summed E-state index contributed by atoms with van der Waals surface area (Å²) < 4.78 is 18.2. The molecule has 0 aromatic carbocycles. The van der Waals surface area contributed by atoms with E-state index in [1.165, 1.54) is 0 Å². The molecule has 0 saturated carbocycles. The Bertz CT molecular complexity index is 312. The predicted octanol–water partition coefficient (Wildman–Crippen LogP) is 1.52. The summed E-state index contributed by atoms with van der Waals surface area (Å²) in [5.41, 5.74) is 0. The molecule has 2 radical (unpaired) electrons. The zero-order valence-corrected chi connectivity index (χ0v) is 15.8. The first-order chi connectivity index (χ1) is 10.2. The average molecular weight is 407 g/mol. The quantitative estimate of drug-likeness (QED) is 0.119. The summed E-state index contributed by atoms with van der Waals surface area (Å²) >= 11 is 3.25. The summed E-state index contributed by atoms with van der Waals surface area (Å²) in [5, 5.41) is 0. The first-order valence-corrected chi connectivity index (χ1v) is 9.49. The molecule has 0 spiro atoms. The molecule has 10 heteroatoms. The Morgan fingerprint density at radius 2 is 1.50 bits per heavy atom. The fourth-order valence-electron chi connectivity index (χ4n) is 1.54. The lowest BCUT2D eigenvalue weighted by atomic mass is 10.1. The highest BCUT2D eigenvalue weighted by atomic mass is 79.9. The molecule has 130 valence electrons. The number of esters is 1. The van der Waals surface area contributed by atoms with E-state index >= 15 is 0 Å². The summed E-state index contributed by atoms with van der Waals surface area (Å²) in [6.07, 6.45) is 5.63. The van der Waals surface area contributed by atoms with E-state index in [1.54, 1.807) is 13.8 Å². The SMILES string of the molecule is CC(C)(Br)C(=[O+])OCCCCCCCCO[P+]([O])(O[NH3+])O[NH3+]. The van der Waals surface area contributed by atoms with Crippen molar-refractivity contribution in [3.8, 4) is 0 Å².